The molecule has 2 aromatic rings. The van der Waals surface area contributed by atoms with Gasteiger partial charge in [-0.2, -0.15) is 0 Å². The molecule has 0 saturated heterocycles. The Bertz CT molecular complexity index is 785. The highest BCUT2D eigenvalue weighted by Gasteiger charge is 2.51. The van der Waals surface area contributed by atoms with Crippen molar-refractivity contribution in [2.24, 2.45) is 0 Å². The highest BCUT2D eigenvalue weighted by atomic mass is 79.9. The van der Waals surface area contributed by atoms with E-state index < -0.39 is 5.41 Å². The lowest BCUT2D eigenvalue weighted by Gasteiger charge is -2.17. The third-order valence-electron chi connectivity index (χ3n) is 4.45. The first-order valence-electron chi connectivity index (χ1n) is 7.47. The Labute approximate surface area is 147 Å². The maximum absolute atomic E-state index is 12.9. The molecule has 23 heavy (non-hydrogen) atoms. The third kappa shape index (κ3) is 2.62. The summed E-state index contributed by atoms with van der Waals surface area (Å²) in [7, 11) is 0. The van der Waals surface area contributed by atoms with Crippen molar-refractivity contribution in [2.45, 2.75) is 24.7 Å². The molecule has 0 spiro atoms. The number of ether oxygens (including phenoxy) is 1. The van der Waals surface area contributed by atoms with Crippen LogP contribution in [0, 0.1) is 0 Å². The normalized spacial score (nSPS) is 17.3. The number of hydrogen-bond donors (Lipinski definition) is 1. The molecule has 1 saturated carbocycles. The van der Waals surface area contributed by atoms with Crippen LogP contribution in [-0.2, 0) is 16.6 Å². The topological polar surface area (TPSA) is 51.2 Å². The summed E-state index contributed by atoms with van der Waals surface area (Å²) in [6, 6.07) is 7.48. The molecule has 1 N–H and O–H groups in total. The molecule has 2 aliphatic rings. The van der Waals surface area contributed by atoms with E-state index >= 15 is 0 Å². The lowest BCUT2D eigenvalue weighted by Crippen LogP contribution is -2.28. The van der Waals surface area contributed by atoms with Crippen LogP contribution >= 0.6 is 27.5 Å². The Kier molecular flexibility index (Phi) is 3.58. The van der Waals surface area contributed by atoms with Crippen molar-refractivity contribution >= 4 is 39.3 Å². The fraction of sp³-hybridized carbons (Fsp3) is 0.294. The fourth-order valence-electron chi connectivity index (χ4n) is 3.05. The van der Waals surface area contributed by atoms with E-state index in [-0.39, 0.29) is 5.91 Å². The molecule has 118 valence electrons. The number of anilines is 1. The summed E-state index contributed by atoms with van der Waals surface area (Å²) in [6.07, 6.45) is 4.07. The summed E-state index contributed by atoms with van der Waals surface area (Å²) in [5.74, 6) is 1.39. The van der Waals surface area contributed by atoms with Crippen LogP contribution in [0.15, 0.2) is 34.9 Å². The Balaban J connectivity index is 1.63. The Hall–Kier alpha value is -1.59. The Morgan fingerprint density at radius 2 is 2.17 bits per heavy atom. The van der Waals surface area contributed by atoms with Crippen LogP contribution in [0.25, 0.3) is 0 Å². The standard InChI is InChI=1S/C17H14BrClN2O2/c18-11-7-10(8-12(19)9-11)17(3-4-17)16(22)21-15-13-2-6-23-14(13)1-5-20-15/h1,5,7-9H,2-4,6H2,(H,20,21,22). The molecule has 6 heteroatoms. The summed E-state index contributed by atoms with van der Waals surface area (Å²) in [4.78, 5) is 17.2. The Morgan fingerprint density at radius 3 is 2.91 bits per heavy atom. The van der Waals surface area contributed by atoms with Gasteiger partial charge in [0.1, 0.15) is 11.6 Å². The van der Waals surface area contributed by atoms with Gasteiger partial charge < -0.3 is 10.1 Å². The van der Waals surface area contributed by atoms with Gasteiger partial charge >= 0.3 is 0 Å². The molecular weight excluding hydrogens is 380 g/mol. The second kappa shape index (κ2) is 5.49. The van der Waals surface area contributed by atoms with Gasteiger partial charge in [0.15, 0.2) is 0 Å². The number of carbonyl (C=O) groups excluding carboxylic acids is 1. The molecule has 0 bridgehead atoms. The zero-order chi connectivity index (χ0) is 16.0. The smallest absolute Gasteiger partial charge is 0.236 e. The number of nitrogens with zero attached hydrogens (tertiary/aromatic N) is 1. The van der Waals surface area contributed by atoms with Gasteiger partial charge in [-0.1, -0.05) is 27.5 Å². The minimum atomic E-state index is -0.503. The number of amides is 1. The van der Waals surface area contributed by atoms with Gasteiger partial charge in [0, 0.05) is 27.7 Å². The predicted molar refractivity (Wildman–Crippen MR) is 92.1 cm³/mol. The van der Waals surface area contributed by atoms with Gasteiger partial charge in [-0.25, -0.2) is 4.98 Å². The molecule has 4 rings (SSSR count). The van der Waals surface area contributed by atoms with Crippen LogP contribution in [0.3, 0.4) is 0 Å². The molecule has 2 heterocycles. The van der Waals surface area contributed by atoms with Crippen molar-refractivity contribution in [3.05, 3.63) is 51.1 Å². The van der Waals surface area contributed by atoms with Crippen LogP contribution in [0.1, 0.15) is 24.0 Å². The number of hydrogen-bond acceptors (Lipinski definition) is 3. The SMILES string of the molecule is O=C(Nc1nccc2c1CCO2)C1(c2cc(Cl)cc(Br)c2)CC1. The molecule has 0 atom stereocenters. The number of rotatable bonds is 3. The highest BCUT2D eigenvalue weighted by molar-refractivity contribution is 9.10. The minimum Gasteiger partial charge on any atom is -0.493 e. The van der Waals surface area contributed by atoms with Crippen molar-refractivity contribution in [2.75, 3.05) is 11.9 Å². The number of aromatic nitrogens is 1. The quantitative estimate of drug-likeness (QED) is 0.854. The first kappa shape index (κ1) is 15.0. The summed E-state index contributed by atoms with van der Waals surface area (Å²) < 4.78 is 6.40. The first-order valence-corrected chi connectivity index (χ1v) is 8.64. The van der Waals surface area contributed by atoms with Gasteiger partial charge in [0.05, 0.1) is 12.0 Å². The molecule has 1 aromatic heterocycles. The number of benzene rings is 1. The molecule has 1 aliphatic carbocycles. The molecule has 1 aromatic carbocycles. The molecule has 1 amide bonds. The van der Waals surface area contributed by atoms with Crippen molar-refractivity contribution in [3.8, 4) is 5.75 Å². The Morgan fingerprint density at radius 1 is 1.35 bits per heavy atom. The number of nitrogens with one attached hydrogen (secondary N) is 1. The first-order chi connectivity index (χ1) is 11.1. The van der Waals surface area contributed by atoms with E-state index in [1.807, 2.05) is 24.3 Å². The van der Waals surface area contributed by atoms with Crippen LogP contribution < -0.4 is 10.1 Å². The summed E-state index contributed by atoms with van der Waals surface area (Å²) in [5.41, 5.74) is 1.42. The minimum absolute atomic E-state index is 0.0283. The predicted octanol–water partition coefficient (Wildman–Crippen LogP) is 4.10. The average molecular weight is 394 g/mol. The average Bonchev–Trinajstić information content (AvgIpc) is 3.18. The van der Waals surface area contributed by atoms with Gasteiger partial charge in [-0.15, -0.1) is 0 Å². The summed E-state index contributed by atoms with van der Waals surface area (Å²) in [6.45, 7) is 0.635. The van der Waals surface area contributed by atoms with Crippen molar-refractivity contribution < 1.29 is 9.53 Å². The van der Waals surface area contributed by atoms with Crippen LogP contribution in [-0.4, -0.2) is 17.5 Å². The number of pyridine rings is 1. The molecule has 0 unspecified atom stereocenters. The van der Waals surface area contributed by atoms with E-state index in [9.17, 15) is 4.79 Å². The van der Waals surface area contributed by atoms with E-state index in [2.05, 4.69) is 26.2 Å². The number of halogens is 2. The fourth-order valence-corrected chi connectivity index (χ4v) is 3.91. The maximum Gasteiger partial charge on any atom is 0.236 e. The van der Waals surface area contributed by atoms with Gasteiger partial charge in [0.25, 0.3) is 0 Å². The largest absolute Gasteiger partial charge is 0.493 e. The second-order valence-electron chi connectivity index (χ2n) is 5.93. The van der Waals surface area contributed by atoms with E-state index in [4.69, 9.17) is 16.3 Å². The van der Waals surface area contributed by atoms with Gasteiger partial charge in [-0.05, 0) is 42.7 Å². The maximum atomic E-state index is 12.9. The summed E-state index contributed by atoms with van der Waals surface area (Å²) >= 11 is 9.58. The molecule has 0 radical (unpaired) electrons. The molecule has 1 aliphatic heterocycles. The lowest BCUT2D eigenvalue weighted by molar-refractivity contribution is -0.118. The van der Waals surface area contributed by atoms with Crippen molar-refractivity contribution in [3.63, 3.8) is 0 Å². The van der Waals surface area contributed by atoms with E-state index in [0.717, 1.165) is 40.6 Å². The van der Waals surface area contributed by atoms with E-state index in [1.165, 1.54) is 0 Å². The zero-order valence-corrected chi connectivity index (χ0v) is 14.6. The van der Waals surface area contributed by atoms with E-state index in [0.29, 0.717) is 17.4 Å². The third-order valence-corrected chi connectivity index (χ3v) is 5.13. The molecule has 4 nitrogen and oxygen atoms in total. The van der Waals surface area contributed by atoms with Crippen LogP contribution in [0.4, 0.5) is 5.82 Å². The monoisotopic (exact) mass is 392 g/mol. The summed E-state index contributed by atoms with van der Waals surface area (Å²) in [5, 5.41) is 3.62. The van der Waals surface area contributed by atoms with E-state index in [1.54, 1.807) is 6.20 Å². The van der Waals surface area contributed by atoms with Crippen molar-refractivity contribution in [1.82, 2.24) is 4.98 Å². The second-order valence-corrected chi connectivity index (χ2v) is 7.28. The van der Waals surface area contributed by atoms with Gasteiger partial charge in [0.2, 0.25) is 5.91 Å². The number of carbonyl (C=O) groups is 1. The van der Waals surface area contributed by atoms with Gasteiger partial charge in [-0.3, -0.25) is 4.79 Å². The molecular formula is C17H14BrClN2O2. The molecule has 1 fully saturated rings. The number of fused-ring (bicyclic) bond motifs is 1. The van der Waals surface area contributed by atoms with Crippen LogP contribution in [0.5, 0.6) is 5.75 Å². The lowest BCUT2D eigenvalue weighted by atomic mass is 9.95. The zero-order valence-electron chi connectivity index (χ0n) is 12.2. The van der Waals surface area contributed by atoms with Crippen LogP contribution in [0.2, 0.25) is 5.02 Å². The highest BCUT2D eigenvalue weighted by Crippen LogP contribution is 2.50. The van der Waals surface area contributed by atoms with Crippen molar-refractivity contribution in [1.29, 1.82) is 0 Å².